The summed E-state index contributed by atoms with van der Waals surface area (Å²) < 4.78 is 7.34. The summed E-state index contributed by atoms with van der Waals surface area (Å²) in [5.74, 6) is 0.836. The lowest BCUT2D eigenvalue weighted by Crippen LogP contribution is -1.94. The van der Waals surface area contributed by atoms with Crippen LogP contribution in [0.4, 0.5) is 0 Å². The zero-order chi connectivity index (χ0) is 15.1. The van der Waals surface area contributed by atoms with Crippen molar-refractivity contribution in [1.29, 1.82) is 0 Å². The summed E-state index contributed by atoms with van der Waals surface area (Å²) in [6.07, 6.45) is 2.03. The molecule has 0 aliphatic heterocycles. The third-order valence-corrected chi connectivity index (χ3v) is 4.02. The van der Waals surface area contributed by atoms with E-state index in [2.05, 4.69) is 10.5 Å². The van der Waals surface area contributed by atoms with Gasteiger partial charge in [-0.2, -0.15) is 0 Å². The van der Waals surface area contributed by atoms with Crippen LogP contribution in [0, 0.1) is 0 Å². The maximum absolute atomic E-state index is 6.12. The maximum atomic E-state index is 6.12. The second-order valence-electron chi connectivity index (χ2n) is 5.09. The molecular weight excluding hydrogens is 296 g/mol. The fourth-order valence-electron chi connectivity index (χ4n) is 2.71. The monoisotopic (exact) mass is 308 g/mol. The Balaban J connectivity index is 2.03. The molecule has 2 aromatic carbocycles. The predicted molar refractivity (Wildman–Crippen MR) is 89.7 cm³/mol. The topological polar surface area (TPSA) is 26.5 Å². The SMILES string of the molecule is COc1ccc(-c2nc3ccc(Cl)cc3n3cccc23)cc1. The summed E-state index contributed by atoms with van der Waals surface area (Å²) in [5, 5.41) is 0.710. The van der Waals surface area contributed by atoms with Gasteiger partial charge in [-0.1, -0.05) is 11.6 Å². The van der Waals surface area contributed by atoms with Crippen molar-refractivity contribution in [1.82, 2.24) is 9.38 Å². The predicted octanol–water partition coefficient (Wildman–Crippen LogP) is 4.82. The Morgan fingerprint density at radius 1 is 1.00 bits per heavy atom. The van der Waals surface area contributed by atoms with Crippen LogP contribution in [0.2, 0.25) is 5.02 Å². The highest BCUT2D eigenvalue weighted by molar-refractivity contribution is 6.31. The van der Waals surface area contributed by atoms with Crippen molar-refractivity contribution in [3.63, 3.8) is 0 Å². The van der Waals surface area contributed by atoms with Crippen LogP contribution in [-0.4, -0.2) is 16.5 Å². The largest absolute Gasteiger partial charge is 0.497 e. The van der Waals surface area contributed by atoms with Gasteiger partial charge in [-0.15, -0.1) is 0 Å². The van der Waals surface area contributed by atoms with Gasteiger partial charge < -0.3 is 9.14 Å². The van der Waals surface area contributed by atoms with Crippen LogP contribution in [0.5, 0.6) is 5.75 Å². The molecule has 0 atom stereocenters. The van der Waals surface area contributed by atoms with E-state index >= 15 is 0 Å². The highest BCUT2D eigenvalue weighted by Gasteiger charge is 2.10. The third-order valence-electron chi connectivity index (χ3n) is 3.78. The molecule has 0 aliphatic carbocycles. The van der Waals surface area contributed by atoms with Crippen LogP contribution >= 0.6 is 11.6 Å². The minimum atomic E-state index is 0.710. The van der Waals surface area contributed by atoms with Crippen LogP contribution in [0.1, 0.15) is 0 Å². The van der Waals surface area contributed by atoms with Gasteiger partial charge in [0.15, 0.2) is 0 Å². The number of fused-ring (bicyclic) bond motifs is 3. The molecule has 0 amide bonds. The average molecular weight is 309 g/mol. The number of ether oxygens (including phenoxy) is 1. The van der Waals surface area contributed by atoms with Gasteiger partial charge in [-0.25, -0.2) is 4.98 Å². The van der Waals surface area contributed by atoms with Crippen molar-refractivity contribution in [3.8, 4) is 17.0 Å². The molecule has 0 radical (unpaired) electrons. The van der Waals surface area contributed by atoms with E-state index < -0.39 is 0 Å². The fourth-order valence-corrected chi connectivity index (χ4v) is 2.87. The lowest BCUT2D eigenvalue weighted by Gasteiger charge is -2.09. The quantitative estimate of drug-likeness (QED) is 0.531. The molecule has 108 valence electrons. The molecule has 0 aliphatic rings. The Hall–Kier alpha value is -2.52. The van der Waals surface area contributed by atoms with Gasteiger partial charge in [0, 0.05) is 16.8 Å². The van der Waals surface area contributed by atoms with Gasteiger partial charge >= 0.3 is 0 Å². The molecule has 4 heteroatoms. The van der Waals surface area contributed by atoms with Crippen LogP contribution in [-0.2, 0) is 0 Å². The molecule has 4 rings (SSSR count). The Kier molecular flexibility index (Phi) is 3.01. The third kappa shape index (κ3) is 2.02. The molecule has 0 spiro atoms. The first-order valence-electron chi connectivity index (χ1n) is 6.97. The number of benzene rings is 2. The highest BCUT2D eigenvalue weighted by Crippen LogP contribution is 2.29. The Bertz CT molecular complexity index is 974. The summed E-state index contributed by atoms with van der Waals surface area (Å²) >= 11 is 6.12. The number of halogens is 1. The Morgan fingerprint density at radius 3 is 2.59 bits per heavy atom. The summed E-state index contributed by atoms with van der Waals surface area (Å²) in [6.45, 7) is 0. The fraction of sp³-hybridized carbons (Fsp3) is 0.0556. The molecule has 22 heavy (non-hydrogen) atoms. The summed E-state index contributed by atoms with van der Waals surface area (Å²) in [7, 11) is 1.66. The first-order chi connectivity index (χ1) is 10.8. The highest BCUT2D eigenvalue weighted by atomic mass is 35.5. The normalized spacial score (nSPS) is 11.2. The van der Waals surface area contributed by atoms with Gasteiger partial charge in [0.2, 0.25) is 0 Å². The molecule has 4 aromatic rings. The number of rotatable bonds is 2. The van der Waals surface area contributed by atoms with Gasteiger partial charge in [0.05, 0.1) is 29.4 Å². The molecule has 0 bridgehead atoms. The van der Waals surface area contributed by atoms with E-state index in [0.29, 0.717) is 5.02 Å². The number of aromatic nitrogens is 2. The minimum absolute atomic E-state index is 0.710. The van der Waals surface area contributed by atoms with E-state index in [0.717, 1.165) is 33.6 Å². The second kappa shape index (κ2) is 5.04. The number of hydrogen-bond donors (Lipinski definition) is 0. The zero-order valence-corrected chi connectivity index (χ0v) is 12.7. The first kappa shape index (κ1) is 13.2. The smallest absolute Gasteiger partial charge is 0.118 e. The molecule has 0 saturated carbocycles. The standard InChI is InChI=1S/C18H13ClN2O/c1-22-14-7-4-12(5-8-14)18-16-3-2-10-21(16)17-11-13(19)6-9-15(17)20-18/h2-11H,1H3. The van der Waals surface area contributed by atoms with Crippen molar-refractivity contribution >= 4 is 28.2 Å². The molecule has 2 aromatic heterocycles. The van der Waals surface area contributed by atoms with Crippen molar-refractivity contribution < 1.29 is 4.74 Å². The van der Waals surface area contributed by atoms with E-state index in [1.165, 1.54) is 0 Å². The van der Waals surface area contributed by atoms with E-state index in [-0.39, 0.29) is 0 Å². The second-order valence-corrected chi connectivity index (χ2v) is 5.52. The van der Waals surface area contributed by atoms with Gasteiger partial charge in [0.1, 0.15) is 5.75 Å². The molecule has 3 nitrogen and oxygen atoms in total. The lowest BCUT2D eigenvalue weighted by atomic mass is 10.1. The lowest BCUT2D eigenvalue weighted by molar-refractivity contribution is 0.415. The molecule has 2 heterocycles. The number of nitrogens with zero attached hydrogens (tertiary/aromatic N) is 2. The Labute approximate surface area is 132 Å². The Morgan fingerprint density at radius 2 is 1.82 bits per heavy atom. The van der Waals surface area contributed by atoms with Crippen molar-refractivity contribution in [2.24, 2.45) is 0 Å². The summed E-state index contributed by atoms with van der Waals surface area (Å²) in [5.41, 5.74) is 4.98. The molecular formula is C18H13ClN2O. The molecule has 0 saturated heterocycles. The minimum Gasteiger partial charge on any atom is -0.497 e. The van der Waals surface area contributed by atoms with Crippen molar-refractivity contribution in [3.05, 3.63) is 65.8 Å². The van der Waals surface area contributed by atoms with Gasteiger partial charge in [-0.3, -0.25) is 0 Å². The van der Waals surface area contributed by atoms with Crippen LogP contribution in [0.25, 0.3) is 27.8 Å². The van der Waals surface area contributed by atoms with E-state index in [1.807, 2.05) is 54.7 Å². The maximum Gasteiger partial charge on any atom is 0.118 e. The van der Waals surface area contributed by atoms with Gasteiger partial charge in [0.25, 0.3) is 0 Å². The average Bonchev–Trinajstić information content (AvgIpc) is 3.04. The first-order valence-corrected chi connectivity index (χ1v) is 7.35. The number of methoxy groups -OCH3 is 1. The van der Waals surface area contributed by atoms with Crippen LogP contribution in [0.3, 0.4) is 0 Å². The molecule has 0 N–H and O–H groups in total. The summed E-state index contributed by atoms with van der Waals surface area (Å²) in [6, 6.07) is 17.8. The van der Waals surface area contributed by atoms with E-state index in [1.54, 1.807) is 7.11 Å². The van der Waals surface area contributed by atoms with Crippen LogP contribution < -0.4 is 4.74 Å². The molecule has 0 unspecified atom stereocenters. The van der Waals surface area contributed by atoms with Gasteiger partial charge in [-0.05, 0) is 54.6 Å². The van der Waals surface area contributed by atoms with E-state index in [4.69, 9.17) is 21.3 Å². The van der Waals surface area contributed by atoms with E-state index in [9.17, 15) is 0 Å². The zero-order valence-electron chi connectivity index (χ0n) is 12.0. The number of hydrogen-bond acceptors (Lipinski definition) is 2. The molecule has 0 fully saturated rings. The van der Waals surface area contributed by atoms with Crippen molar-refractivity contribution in [2.75, 3.05) is 7.11 Å². The van der Waals surface area contributed by atoms with Crippen LogP contribution in [0.15, 0.2) is 60.8 Å². The van der Waals surface area contributed by atoms with Crippen molar-refractivity contribution in [2.45, 2.75) is 0 Å². The summed E-state index contributed by atoms with van der Waals surface area (Å²) in [4.78, 5) is 4.82.